The van der Waals surface area contributed by atoms with Crippen LogP contribution in [0.4, 0.5) is 0 Å². The van der Waals surface area contributed by atoms with Gasteiger partial charge in [0.05, 0.1) is 13.0 Å². The van der Waals surface area contributed by atoms with E-state index in [-0.39, 0.29) is 34.8 Å². The maximum absolute atomic E-state index is 12.5. The molecule has 3 rings (SSSR count). The average Bonchev–Trinajstić information content (AvgIpc) is 2.61. The summed E-state index contributed by atoms with van der Waals surface area (Å²) in [4.78, 5) is 36.8. The largest absolute Gasteiger partial charge is 0.469 e. The summed E-state index contributed by atoms with van der Waals surface area (Å²) in [6, 6.07) is 0. The molecule has 0 aromatic rings. The Bertz CT molecular complexity index is 655. The Kier molecular flexibility index (Phi) is 5.44. The van der Waals surface area contributed by atoms with Crippen LogP contribution < -0.4 is 0 Å². The van der Waals surface area contributed by atoms with Gasteiger partial charge in [0.2, 0.25) is 0 Å². The summed E-state index contributed by atoms with van der Waals surface area (Å²) in [6.07, 6.45) is 6.34. The third kappa shape index (κ3) is 3.00. The molecule has 0 amide bonds. The molecule has 0 saturated heterocycles. The number of hydrogen-bond acceptors (Lipinski definition) is 5. The molecule has 0 bridgehead atoms. The zero-order valence-corrected chi connectivity index (χ0v) is 18.2. The molecule has 5 nitrogen and oxygen atoms in total. The summed E-state index contributed by atoms with van der Waals surface area (Å²) in [5.41, 5.74) is -0.304. The van der Waals surface area contributed by atoms with E-state index in [1.54, 1.807) is 0 Å². The van der Waals surface area contributed by atoms with Crippen LogP contribution in [-0.2, 0) is 23.9 Å². The molecule has 0 radical (unpaired) electrons. The highest BCUT2D eigenvalue weighted by Gasteiger charge is 2.67. The number of esters is 2. The predicted octanol–water partition coefficient (Wildman–Crippen LogP) is 4.18. The molecule has 5 heteroatoms. The molecule has 3 saturated carbocycles. The Labute approximate surface area is 168 Å². The van der Waals surface area contributed by atoms with Gasteiger partial charge in [0, 0.05) is 18.3 Å². The quantitative estimate of drug-likeness (QED) is 0.532. The monoisotopic (exact) mass is 392 g/mol. The first-order chi connectivity index (χ1) is 13.0. The molecule has 28 heavy (non-hydrogen) atoms. The molecule has 3 aliphatic rings. The molecule has 0 aliphatic heterocycles. The van der Waals surface area contributed by atoms with Crippen LogP contribution in [-0.4, -0.2) is 31.4 Å². The van der Waals surface area contributed by atoms with Crippen molar-refractivity contribution in [1.29, 1.82) is 0 Å². The van der Waals surface area contributed by atoms with E-state index >= 15 is 0 Å². The van der Waals surface area contributed by atoms with Crippen molar-refractivity contribution in [3.8, 4) is 0 Å². The molecular weight excluding hydrogens is 356 g/mol. The lowest BCUT2D eigenvalue weighted by Gasteiger charge is -2.67. The SMILES string of the molecule is COC(=O)[C@@H]1CC[C@@H]2[C@@]3(C)CCCC(C)(C)[C@@H]3C[C@@H](OC(C)=O)[C@@]2(C)[C@@H]1C=O. The number of methoxy groups -OCH3 is 1. The number of carbonyl (C=O) groups excluding carboxylic acids is 3. The van der Waals surface area contributed by atoms with E-state index < -0.39 is 17.3 Å². The second-order valence-corrected chi connectivity index (χ2v) is 10.5. The first kappa shape index (κ1) is 21.3. The molecule has 0 N–H and O–H groups in total. The van der Waals surface area contributed by atoms with E-state index in [9.17, 15) is 14.4 Å². The summed E-state index contributed by atoms with van der Waals surface area (Å²) >= 11 is 0. The zero-order valence-electron chi connectivity index (χ0n) is 18.2. The van der Waals surface area contributed by atoms with Gasteiger partial charge in [0.25, 0.3) is 0 Å². The second kappa shape index (κ2) is 7.14. The van der Waals surface area contributed by atoms with Crippen molar-refractivity contribution >= 4 is 18.2 Å². The Hall–Kier alpha value is -1.39. The molecule has 0 unspecified atom stereocenters. The third-order valence-electron chi connectivity index (χ3n) is 8.84. The van der Waals surface area contributed by atoms with E-state index in [1.165, 1.54) is 26.9 Å². The molecule has 0 aromatic heterocycles. The average molecular weight is 393 g/mol. The van der Waals surface area contributed by atoms with Crippen LogP contribution in [0.1, 0.15) is 73.1 Å². The first-order valence-corrected chi connectivity index (χ1v) is 10.7. The van der Waals surface area contributed by atoms with Crippen LogP contribution in [0.3, 0.4) is 0 Å². The minimum Gasteiger partial charge on any atom is -0.469 e. The van der Waals surface area contributed by atoms with Gasteiger partial charge in [-0.15, -0.1) is 0 Å². The third-order valence-corrected chi connectivity index (χ3v) is 8.84. The van der Waals surface area contributed by atoms with Crippen LogP contribution in [0.15, 0.2) is 0 Å². The van der Waals surface area contributed by atoms with Gasteiger partial charge >= 0.3 is 11.9 Å². The minimum atomic E-state index is -0.552. The topological polar surface area (TPSA) is 69.7 Å². The van der Waals surface area contributed by atoms with Crippen LogP contribution in [0.5, 0.6) is 0 Å². The Balaban J connectivity index is 2.11. The number of fused-ring (bicyclic) bond motifs is 3. The molecule has 0 aromatic carbocycles. The summed E-state index contributed by atoms with van der Waals surface area (Å²) in [6.45, 7) is 10.6. The van der Waals surface area contributed by atoms with Gasteiger partial charge in [0.1, 0.15) is 12.4 Å². The number of carbonyl (C=O) groups is 3. The van der Waals surface area contributed by atoms with E-state index in [4.69, 9.17) is 9.47 Å². The molecule has 3 fully saturated rings. The molecule has 7 atom stereocenters. The van der Waals surface area contributed by atoms with Crippen molar-refractivity contribution in [2.75, 3.05) is 7.11 Å². The van der Waals surface area contributed by atoms with Gasteiger partial charge in [0.15, 0.2) is 0 Å². The highest BCUT2D eigenvalue weighted by atomic mass is 16.5. The Morgan fingerprint density at radius 3 is 2.29 bits per heavy atom. The van der Waals surface area contributed by atoms with E-state index in [1.807, 2.05) is 0 Å². The van der Waals surface area contributed by atoms with Gasteiger partial charge in [-0.1, -0.05) is 34.1 Å². The zero-order chi connectivity index (χ0) is 20.9. The van der Waals surface area contributed by atoms with Gasteiger partial charge in [-0.25, -0.2) is 0 Å². The lowest BCUT2D eigenvalue weighted by atomic mass is 9.38. The molecule has 0 heterocycles. The normalized spacial score (nSPS) is 44.6. The Morgan fingerprint density at radius 2 is 1.71 bits per heavy atom. The standard InChI is InChI=1S/C23H36O5/c1-14(25)28-19-12-18-21(2,3)10-7-11-22(18,4)17-9-8-15(20(26)27-6)16(13-24)23(17,19)5/h13,15-19H,7-12H2,1-6H3/t15-,16-,17-,18+,19-,22-,23+/m1/s1. The minimum absolute atomic E-state index is 0.0789. The summed E-state index contributed by atoms with van der Waals surface area (Å²) in [5.74, 6) is -0.928. The number of ether oxygens (including phenoxy) is 2. The Morgan fingerprint density at radius 1 is 1.04 bits per heavy atom. The number of aldehydes is 1. The van der Waals surface area contributed by atoms with Crippen molar-refractivity contribution in [1.82, 2.24) is 0 Å². The lowest BCUT2D eigenvalue weighted by molar-refractivity contribution is -0.231. The summed E-state index contributed by atoms with van der Waals surface area (Å²) < 4.78 is 10.9. The second-order valence-electron chi connectivity index (χ2n) is 10.5. The van der Waals surface area contributed by atoms with Crippen molar-refractivity contribution in [2.45, 2.75) is 79.2 Å². The fourth-order valence-corrected chi connectivity index (χ4v) is 7.65. The first-order valence-electron chi connectivity index (χ1n) is 10.7. The molecule has 3 aliphatic carbocycles. The van der Waals surface area contributed by atoms with Crippen LogP contribution in [0, 0.1) is 39.9 Å². The smallest absolute Gasteiger partial charge is 0.309 e. The maximum Gasteiger partial charge on any atom is 0.309 e. The van der Waals surface area contributed by atoms with Crippen LogP contribution >= 0.6 is 0 Å². The summed E-state index contributed by atoms with van der Waals surface area (Å²) in [5, 5.41) is 0. The van der Waals surface area contributed by atoms with Crippen molar-refractivity contribution in [3.63, 3.8) is 0 Å². The van der Waals surface area contributed by atoms with E-state index in [2.05, 4.69) is 27.7 Å². The fourth-order valence-electron chi connectivity index (χ4n) is 7.65. The number of hydrogen-bond donors (Lipinski definition) is 0. The summed E-state index contributed by atoms with van der Waals surface area (Å²) in [7, 11) is 1.38. The van der Waals surface area contributed by atoms with Gasteiger partial charge in [-0.3, -0.25) is 9.59 Å². The van der Waals surface area contributed by atoms with Crippen molar-refractivity contribution in [3.05, 3.63) is 0 Å². The van der Waals surface area contributed by atoms with Gasteiger partial charge in [-0.2, -0.15) is 0 Å². The molecular formula is C23H36O5. The van der Waals surface area contributed by atoms with E-state index in [0.717, 1.165) is 25.5 Å². The van der Waals surface area contributed by atoms with Crippen molar-refractivity contribution in [2.24, 2.45) is 39.9 Å². The van der Waals surface area contributed by atoms with E-state index in [0.29, 0.717) is 12.3 Å². The lowest BCUT2D eigenvalue weighted by Crippen LogP contribution is -2.66. The van der Waals surface area contributed by atoms with Crippen molar-refractivity contribution < 1.29 is 23.9 Å². The van der Waals surface area contributed by atoms with Gasteiger partial charge in [-0.05, 0) is 54.8 Å². The number of rotatable bonds is 3. The van der Waals surface area contributed by atoms with Gasteiger partial charge < -0.3 is 14.3 Å². The fraction of sp³-hybridized carbons (Fsp3) is 0.870. The molecule has 158 valence electrons. The van der Waals surface area contributed by atoms with Crippen LogP contribution in [0.25, 0.3) is 0 Å². The highest BCUT2D eigenvalue weighted by Crippen LogP contribution is 2.69. The van der Waals surface area contributed by atoms with Crippen LogP contribution in [0.2, 0.25) is 0 Å². The molecule has 0 spiro atoms. The maximum atomic E-state index is 12.5. The predicted molar refractivity (Wildman–Crippen MR) is 105 cm³/mol. The highest BCUT2D eigenvalue weighted by molar-refractivity contribution is 5.77.